The first-order valence-electron chi connectivity index (χ1n) is 8.95. The summed E-state index contributed by atoms with van der Waals surface area (Å²) in [5.74, 6) is -3.62. The minimum Gasteiger partial charge on any atom is -0.507 e. The lowest BCUT2D eigenvalue weighted by Crippen LogP contribution is -2.58. The number of benzene rings is 1. The fourth-order valence-corrected chi connectivity index (χ4v) is 4.12. The van der Waals surface area contributed by atoms with Crippen molar-refractivity contribution in [2.24, 2.45) is 5.41 Å². The van der Waals surface area contributed by atoms with Crippen LogP contribution in [0.2, 0.25) is 0 Å². The van der Waals surface area contributed by atoms with Gasteiger partial charge in [-0.2, -0.15) is 0 Å². The van der Waals surface area contributed by atoms with Crippen LogP contribution in [0.5, 0.6) is 5.75 Å². The van der Waals surface area contributed by atoms with E-state index in [0.29, 0.717) is 17.5 Å². The monoisotopic (exact) mass is 386 g/mol. The number of esters is 1. The van der Waals surface area contributed by atoms with Crippen molar-refractivity contribution >= 4 is 23.3 Å². The lowest BCUT2D eigenvalue weighted by Gasteiger charge is -2.42. The largest absolute Gasteiger partial charge is 0.507 e. The number of aromatic hydroxyl groups is 1. The van der Waals surface area contributed by atoms with Gasteiger partial charge in [0.25, 0.3) is 5.60 Å². The average Bonchev–Trinajstić information content (AvgIpc) is 2.63. The summed E-state index contributed by atoms with van der Waals surface area (Å²) in [5, 5.41) is 10.7. The van der Waals surface area contributed by atoms with Gasteiger partial charge in [-0.3, -0.25) is 14.4 Å². The van der Waals surface area contributed by atoms with Crippen molar-refractivity contribution in [2.75, 3.05) is 7.11 Å². The molecule has 0 fully saturated rings. The minimum absolute atomic E-state index is 0.0297. The quantitative estimate of drug-likeness (QED) is 0.614. The second-order valence-electron chi connectivity index (χ2n) is 7.74. The molecule has 1 heterocycles. The van der Waals surface area contributed by atoms with Crippen molar-refractivity contribution in [1.29, 1.82) is 0 Å². The van der Waals surface area contributed by atoms with Gasteiger partial charge in [0.2, 0.25) is 5.78 Å². The van der Waals surface area contributed by atoms with Gasteiger partial charge in [-0.25, -0.2) is 4.79 Å². The summed E-state index contributed by atoms with van der Waals surface area (Å²) in [6, 6.07) is 1.55. The van der Waals surface area contributed by atoms with Crippen molar-refractivity contribution in [2.45, 2.75) is 46.6 Å². The number of allylic oxidation sites excluding steroid dienone is 2. The molecule has 1 aromatic rings. The standard InChI is InChI=1S/C21H22O7/c1-7-10-9(2)8-11-12(14(10)22)16(24)17-13(15(11)23)20(3,4)18(25)21(5,28-17)19(26)27-6/h8,22H,7H2,1-6H3. The highest BCUT2D eigenvalue weighted by atomic mass is 16.6. The molecule has 1 unspecified atom stereocenters. The summed E-state index contributed by atoms with van der Waals surface area (Å²) >= 11 is 0. The lowest BCUT2D eigenvalue weighted by atomic mass is 9.66. The molecular formula is C21H22O7. The van der Waals surface area contributed by atoms with Crippen molar-refractivity contribution in [1.82, 2.24) is 0 Å². The minimum atomic E-state index is -2.07. The molecule has 0 aromatic heterocycles. The van der Waals surface area contributed by atoms with Crippen LogP contribution >= 0.6 is 0 Å². The third kappa shape index (κ3) is 2.28. The maximum Gasteiger partial charge on any atom is 0.357 e. The SMILES string of the molecule is CCc1c(C)cc2c(c1O)C(=O)C1=C(C2=O)C(C)(C)C(=O)C(C)(C(=O)OC)O1. The summed E-state index contributed by atoms with van der Waals surface area (Å²) in [6.45, 7) is 7.71. The van der Waals surface area contributed by atoms with Crippen LogP contribution in [-0.2, 0) is 25.5 Å². The maximum absolute atomic E-state index is 13.2. The molecule has 1 aromatic carbocycles. The first-order valence-corrected chi connectivity index (χ1v) is 8.95. The summed E-state index contributed by atoms with van der Waals surface area (Å²) in [4.78, 5) is 51.8. The van der Waals surface area contributed by atoms with Crippen LogP contribution < -0.4 is 0 Å². The highest BCUT2D eigenvalue weighted by Gasteiger charge is 2.60. The highest BCUT2D eigenvalue weighted by Crippen LogP contribution is 2.48. The number of carbonyl (C=O) groups excluding carboxylic acids is 4. The van der Waals surface area contributed by atoms with Gasteiger partial charge in [0.05, 0.1) is 23.7 Å². The lowest BCUT2D eigenvalue weighted by molar-refractivity contribution is -0.173. The Morgan fingerprint density at radius 2 is 1.79 bits per heavy atom. The molecule has 0 amide bonds. The van der Waals surface area contributed by atoms with Gasteiger partial charge < -0.3 is 14.6 Å². The summed E-state index contributed by atoms with van der Waals surface area (Å²) < 4.78 is 10.2. The Balaban J connectivity index is 2.33. The third-order valence-electron chi connectivity index (χ3n) is 5.62. The molecule has 0 bridgehead atoms. The van der Waals surface area contributed by atoms with Crippen molar-refractivity contribution in [3.63, 3.8) is 0 Å². The topological polar surface area (TPSA) is 107 Å². The molecular weight excluding hydrogens is 364 g/mol. The van der Waals surface area contributed by atoms with E-state index in [-0.39, 0.29) is 22.4 Å². The van der Waals surface area contributed by atoms with Crippen LogP contribution in [-0.4, -0.2) is 41.1 Å². The van der Waals surface area contributed by atoms with Gasteiger partial charge in [0, 0.05) is 5.56 Å². The zero-order valence-electron chi connectivity index (χ0n) is 16.7. The first kappa shape index (κ1) is 19.8. The molecule has 148 valence electrons. The van der Waals surface area contributed by atoms with Crippen LogP contribution in [0.15, 0.2) is 17.4 Å². The van der Waals surface area contributed by atoms with Crippen molar-refractivity contribution < 1.29 is 33.8 Å². The number of carbonyl (C=O) groups is 4. The van der Waals surface area contributed by atoms with Gasteiger partial charge in [-0.1, -0.05) is 6.92 Å². The molecule has 1 aliphatic heterocycles. The molecule has 0 saturated heterocycles. The van der Waals surface area contributed by atoms with E-state index in [1.807, 2.05) is 6.92 Å². The number of phenols is 1. The Morgan fingerprint density at radius 1 is 1.18 bits per heavy atom. The molecule has 3 rings (SSSR count). The maximum atomic E-state index is 13.2. The number of hydrogen-bond donors (Lipinski definition) is 1. The molecule has 1 atom stereocenters. The summed E-state index contributed by atoms with van der Waals surface area (Å²) in [7, 11) is 1.10. The van der Waals surface area contributed by atoms with E-state index >= 15 is 0 Å². The molecule has 0 radical (unpaired) electrons. The Hall–Kier alpha value is -2.96. The Morgan fingerprint density at radius 3 is 2.32 bits per heavy atom. The van der Waals surface area contributed by atoms with E-state index < -0.39 is 40.1 Å². The molecule has 1 aliphatic carbocycles. The van der Waals surface area contributed by atoms with Gasteiger partial charge in [-0.15, -0.1) is 0 Å². The molecule has 0 saturated carbocycles. The van der Waals surface area contributed by atoms with E-state index in [9.17, 15) is 24.3 Å². The van der Waals surface area contributed by atoms with Crippen LogP contribution in [0.3, 0.4) is 0 Å². The van der Waals surface area contributed by atoms with Crippen LogP contribution in [0.1, 0.15) is 59.5 Å². The average molecular weight is 386 g/mol. The van der Waals surface area contributed by atoms with E-state index in [0.717, 1.165) is 7.11 Å². The van der Waals surface area contributed by atoms with Gasteiger partial charge in [0.15, 0.2) is 17.3 Å². The molecule has 7 nitrogen and oxygen atoms in total. The van der Waals surface area contributed by atoms with Gasteiger partial charge in [-0.05, 0) is 51.3 Å². The normalized spacial score (nSPS) is 23.1. The van der Waals surface area contributed by atoms with Gasteiger partial charge in [0.1, 0.15) is 5.75 Å². The second kappa shape index (κ2) is 6.02. The van der Waals surface area contributed by atoms with E-state index in [2.05, 4.69) is 0 Å². The number of Topliss-reactive ketones (excluding diaryl/α,β-unsaturated/α-hetero) is 3. The zero-order chi connectivity index (χ0) is 21.2. The molecule has 2 aliphatic rings. The molecule has 1 N–H and O–H groups in total. The Labute approximate surface area is 162 Å². The number of fused-ring (bicyclic) bond motifs is 1. The van der Waals surface area contributed by atoms with Crippen molar-refractivity contribution in [3.8, 4) is 5.75 Å². The number of ketones is 3. The Bertz CT molecular complexity index is 996. The van der Waals surface area contributed by atoms with Crippen LogP contribution in [0, 0.1) is 12.3 Å². The summed E-state index contributed by atoms with van der Waals surface area (Å²) in [6.07, 6.45) is 0.461. The Kier molecular flexibility index (Phi) is 4.26. The first-order chi connectivity index (χ1) is 12.9. The number of phenolic OH excluding ortho intramolecular Hbond substituents is 1. The summed E-state index contributed by atoms with van der Waals surface area (Å²) in [5.41, 5.74) is -2.56. The predicted molar refractivity (Wildman–Crippen MR) is 98.2 cm³/mol. The van der Waals surface area contributed by atoms with Crippen molar-refractivity contribution in [3.05, 3.63) is 39.7 Å². The van der Waals surface area contributed by atoms with E-state index in [1.165, 1.54) is 20.8 Å². The zero-order valence-corrected chi connectivity index (χ0v) is 16.7. The van der Waals surface area contributed by atoms with E-state index in [1.54, 1.807) is 13.0 Å². The fourth-order valence-electron chi connectivity index (χ4n) is 4.12. The fraction of sp³-hybridized carbons (Fsp3) is 0.429. The third-order valence-corrected chi connectivity index (χ3v) is 5.62. The number of rotatable bonds is 2. The molecule has 28 heavy (non-hydrogen) atoms. The molecule has 0 spiro atoms. The van der Waals surface area contributed by atoms with E-state index in [4.69, 9.17) is 9.47 Å². The predicted octanol–water partition coefficient (Wildman–Crippen LogP) is 2.45. The molecule has 7 heteroatoms. The smallest absolute Gasteiger partial charge is 0.357 e. The highest BCUT2D eigenvalue weighted by molar-refractivity contribution is 6.31. The van der Waals surface area contributed by atoms with Crippen LogP contribution in [0.4, 0.5) is 0 Å². The van der Waals surface area contributed by atoms with Gasteiger partial charge >= 0.3 is 5.97 Å². The number of methoxy groups -OCH3 is 1. The van der Waals surface area contributed by atoms with Crippen LogP contribution in [0.25, 0.3) is 0 Å². The number of hydrogen-bond acceptors (Lipinski definition) is 7. The number of ether oxygens (including phenoxy) is 2. The number of aryl methyl sites for hydroxylation is 1. The second-order valence-corrected chi connectivity index (χ2v) is 7.74.